The lowest BCUT2D eigenvalue weighted by Gasteiger charge is -2.32. The maximum Gasteiger partial charge on any atom is 0.264 e. The number of hydrogen-bond donors (Lipinski definition) is 2. The maximum absolute atomic E-state index is 14.8. The van der Waals surface area contributed by atoms with Crippen molar-refractivity contribution in [3.63, 3.8) is 0 Å². The summed E-state index contributed by atoms with van der Waals surface area (Å²) in [5.74, 6) is -0.752. The molecule has 3 aliphatic heterocycles. The van der Waals surface area contributed by atoms with E-state index in [0.717, 1.165) is 33.4 Å². The third-order valence-electron chi connectivity index (χ3n) is 9.90. The second-order valence-electron chi connectivity index (χ2n) is 13.5. The van der Waals surface area contributed by atoms with Gasteiger partial charge in [-0.1, -0.05) is 65.3 Å². The number of carbonyl (C=O) groups excluding carboxylic acids is 3. The first-order valence-electron chi connectivity index (χ1n) is 16.3. The number of halogens is 1. The second kappa shape index (κ2) is 13.3. The Labute approximate surface area is 285 Å². The fourth-order valence-electron chi connectivity index (χ4n) is 7.85. The van der Waals surface area contributed by atoms with Crippen molar-refractivity contribution < 1.29 is 29.0 Å². The van der Waals surface area contributed by atoms with Crippen LogP contribution in [-0.2, 0) is 37.8 Å². The molecule has 3 amide bonds. The molecule has 9 nitrogen and oxygen atoms in total. The fourth-order valence-corrected chi connectivity index (χ4v) is 10.8. The molecule has 4 atom stereocenters. The second-order valence-corrected chi connectivity index (χ2v) is 18.3. The molecule has 1 spiro atoms. The van der Waals surface area contributed by atoms with Gasteiger partial charge >= 0.3 is 0 Å². The minimum absolute atomic E-state index is 0.0247. The Morgan fingerprint density at radius 2 is 1.81 bits per heavy atom. The lowest BCUT2D eigenvalue weighted by atomic mass is 9.82. The van der Waals surface area contributed by atoms with Crippen molar-refractivity contribution in [2.45, 2.75) is 69.6 Å². The van der Waals surface area contributed by atoms with Crippen LogP contribution in [0, 0.1) is 5.92 Å². The first kappa shape index (κ1) is 33.5. The van der Waals surface area contributed by atoms with E-state index in [0.29, 0.717) is 25.1 Å². The summed E-state index contributed by atoms with van der Waals surface area (Å²) in [7, 11) is -2.99. The van der Waals surface area contributed by atoms with Gasteiger partial charge in [0, 0.05) is 53.2 Å². The Balaban J connectivity index is 1.33. The van der Waals surface area contributed by atoms with E-state index in [2.05, 4.69) is 15.9 Å². The molecule has 0 aromatic heterocycles. The predicted octanol–water partition coefficient (Wildman–Crippen LogP) is 5.33. The number of carbonyl (C=O) groups is 3. The summed E-state index contributed by atoms with van der Waals surface area (Å²) < 4.78 is 7.69. The van der Waals surface area contributed by atoms with Crippen molar-refractivity contribution >= 4 is 53.3 Å². The molecular formula is C36H42BrN3O6Si. The molecule has 0 aliphatic carbocycles. The Kier molecular flexibility index (Phi) is 9.47. The van der Waals surface area contributed by atoms with Crippen LogP contribution in [0.4, 0.5) is 11.4 Å². The molecule has 0 saturated carbocycles. The number of rotatable bonds is 10. The van der Waals surface area contributed by atoms with Gasteiger partial charge in [-0.05, 0) is 61.0 Å². The smallest absolute Gasteiger partial charge is 0.264 e. The van der Waals surface area contributed by atoms with Crippen molar-refractivity contribution in [3.05, 3.63) is 94.0 Å². The van der Waals surface area contributed by atoms with E-state index < -0.39 is 31.5 Å². The van der Waals surface area contributed by atoms with Crippen LogP contribution in [0.25, 0.3) is 0 Å². The van der Waals surface area contributed by atoms with Crippen LogP contribution in [0.3, 0.4) is 0 Å². The average Bonchev–Trinajstić information content (AvgIpc) is 3.66. The van der Waals surface area contributed by atoms with E-state index in [1.165, 1.54) is 0 Å². The zero-order valence-corrected chi connectivity index (χ0v) is 29.7. The summed E-state index contributed by atoms with van der Waals surface area (Å²) in [6, 6.07) is 23.1. The summed E-state index contributed by atoms with van der Waals surface area (Å²) in [6.07, 6.45) is 0.631. The van der Waals surface area contributed by atoms with Crippen molar-refractivity contribution in [3.8, 4) is 0 Å². The molecule has 6 rings (SSSR count). The molecule has 0 radical (unpaired) electrons. The molecule has 2 saturated heterocycles. The third kappa shape index (κ3) is 6.31. The summed E-state index contributed by atoms with van der Waals surface area (Å²) in [4.78, 5) is 57.9. The number of nitrogens with zero attached hydrogens (tertiary/aromatic N) is 3. The summed E-state index contributed by atoms with van der Waals surface area (Å²) in [6.45, 7) is 6.91. The van der Waals surface area contributed by atoms with Gasteiger partial charge in [-0.25, -0.2) is 0 Å². The van der Waals surface area contributed by atoms with E-state index in [1.807, 2.05) is 92.8 Å². The van der Waals surface area contributed by atoms with Crippen LogP contribution in [0.1, 0.15) is 42.9 Å². The average molecular weight is 721 g/mol. The molecule has 3 heterocycles. The largest absolute Gasteiger partial charge is 0.432 e. The van der Waals surface area contributed by atoms with E-state index in [4.69, 9.17) is 4.74 Å². The van der Waals surface area contributed by atoms with Crippen molar-refractivity contribution in [2.24, 2.45) is 5.92 Å². The molecule has 2 N–H and O–H groups in total. The van der Waals surface area contributed by atoms with Gasteiger partial charge in [0.2, 0.25) is 11.8 Å². The normalized spacial score (nSPS) is 24.0. The molecular weight excluding hydrogens is 678 g/mol. The van der Waals surface area contributed by atoms with E-state index in [-0.39, 0.29) is 43.8 Å². The topological polar surface area (TPSA) is 111 Å². The molecule has 0 bridgehead atoms. The van der Waals surface area contributed by atoms with E-state index >= 15 is 0 Å². The monoisotopic (exact) mass is 719 g/mol. The minimum atomic E-state index is -2.99. The van der Waals surface area contributed by atoms with Gasteiger partial charge < -0.3 is 29.3 Å². The Morgan fingerprint density at radius 3 is 2.49 bits per heavy atom. The number of hydrogen-bond acceptors (Lipinski definition) is 6. The fraction of sp³-hybridized carbons (Fsp3) is 0.417. The minimum Gasteiger partial charge on any atom is -0.432 e. The van der Waals surface area contributed by atoms with Crippen molar-refractivity contribution in [2.75, 3.05) is 29.5 Å². The van der Waals surface area contributed by atoms with E-state index in [9.17, 15) is 24.3 Å². The first-order valence-corrected chi connectivity index (χ1v) is 20.1. The number of ether oxygens (including phenoxy) is 1. The van der Waals surface area contributed by atoms with Gasteiger partial charge in [-0.2, -0.15) is 0 Å². The lowest BCUT2D eigenvalue weighted by molar-refractivity contribution is -0.150. The molecule has 3 aliphatic rings. The number of fused-ring (bicyclic) bond motifs is 2. The molecule has 47 heavy (non-hydrogen) atoms. The highest BCUT2D eigenvalue weighted by molar-refractivity contribution is 9.10. The van der Waals surface area contributed by atoms with Gasteiger partial charge in [-0.15, -0.1) is 0 Å². The van der Waals surface area contributed by atoms with Crippen LogP contribution in [0.2, 0.25) is 18.6 Å². The van der Waals surface area contributed by atoms with Gasteiger partial charge in [0.05, 0.1) is 31.4 Å². The summed E-state index contributed by atoms with van der Waals surface area (Å²) in [5.41, 5.74) is 2.27. The molecule has 2 fully saturated rings. The maximum atomic E-state index is 14.8. The zero-order chi connectivity index (χ0) is 33.5. The third-order valence-corrected chi connectivity index (χ3v) is 12.9. The van der Waals surface area contributed by atoms with Gasteiger partial charge in [0.1, 0.15) is 0 Å². The standard InChI is InChI=1S/C36H42BrN3O6Si/c1-24-34(47(2,3)45)31(21-33(43)38(17-18-41)22-25-9-5-4-6-10-25)46-36(24)29-20-27(37)14-15-30(29)40(35(36)44)23-26-11-7-12-28(19-26)39-16-8-13-32(39)42/h4-7,9-12,14-15,19-20,24,31,34,41,45H,8,13,16-18,21-23H2,1-3H3/t24-,31+,34-,36+/m1/s1. The number of aliphatic hydroxyl groups is 1. The number of benzene rings is 3. The van der Waals surface area contributed by atoms with Crippen LogP contribution >= 0.6 is 15.9 Å². The van der Waals surface area contributed by atoms with Gasteiger partial charge in [0.25, 0.3) is 5.91 Å². The zero-order valence-electron chi connectivity index (χ0n) is 27.1. The molecule has 0 unspecified atom stereocenters. The molecule has 248 valence electrons. The Morgan fingerprint density at radius 1 is 1.06 bits per heavy atom. The van der Waals surface area contributed by atoms with E-state index in [1.54, 1.807) is 14.7 Å². The van der Waals surface area contributed by atoms with Crippen LogP contribution in [-0.4, -0.2) is 66.6 Å². The predicted molar refractivity (Wildman–Crippen MR) is 186 cm³/mol. The Bertz CT molecular complexity index is 1670. The van der Waals surface area contributed by atoms with Gasteiger partial charge in [-0.3, -0.25) is 14.4 Å². The van der Waals surface area contributed by atoms with Crippen molar-refractivity contribution in [1.29, 1.82) is 0 Å². The molecule has 3 aromatic rings. The van der Waals surface area contributed by atoms with Crippen molar-refractivity contribution in [1.82, 2.24) is 4.90 Å². The first-order chi connectivity index (χ1) is 22.4. The van der Waals surface area contributed by atoms with Crippen LogP contribution in [0.5, 0.6) is 0 Å². The number of anilines is 2. The highest BCUT2D eigenvalue weighted by atomic mass is 79.9. The Hall–Kier alpha value is -3.35. The SMILES string of the molecule is C[C@@H]1[C@@H]([Si](C)(C)O)[C@H](CC(=O)N(CCO)Cc2ccccc2)O[C@@]12C(=O)N(Cc1cccc(N3CCCC3=O)c1)c1ccc(Br)cc12. The van der Waals surface area contributed by atoms with Crippen LogP contribution < -0.4 is 9.80 Å². The number of amides is 3. The molecule has 3 aromatic carbocycles. The van der Waals surface area contributed by atoms with Crippen LogP contribution in [0.15, 0.2) is 77.3 Å². The number of aliphatic hydroxyl groups excluding tert-OH is 1. The lowest BCUT2D eigenvalue weighted by Crippen LogP contribution is -2.46. The quantitative estimate of drug-likeness (QED) is 0.274. The highest BCUT2D eigenvalue weighted by Crippen LogP contribution is 2.60. The highest BCUT2D eigenvalue weighted by Gasteiger charge is 2.66. The summed E-state index contributed by atoms with van der Waals surface area (Å²) in [5, 5.41) is 9.79. The summed E-state index contributed by atoms with van der Waals surface area (Å²) >= 11 is 3.60. The molecule has 11 heteroatoms. The van der Waals surface area contributed by atoms with Gasteiger partial charge in [0.15, 0.2) is 13.9 Å².